The van der Waals surface area contributed by atoms with Gasteiger partial charge in [-0.25, -0.2) is 4.98 Å². The van der Waals surface area contributed by atoms with E-state index in [4.69, 9.17) is 4.74 Å². The number of nitrogens with zero attached hydrogens (tertiary/aromatic N) is 2. The lowest BCUT2D eigenvalue weighted by Gasteiger charge is -2.06. The molecule has 0 atom stereocenters. The highest BCUT2D eigenvalue weighted by atomic mass is 16.5. The lowest BCUT2D eigenvalue weighted by Crippen LogP contribution is -2.09. The van der Waals surface area contributed by atoms with E-state index in [2.05, 4.69) is 4.98 Å². The van der Waals surface area contributed by atoms with Gasteiger partial charge < -0.3 is 9.30 Å². The number of imidazole rings is 1. The summed E-state index contributed by atoms with van der Waals surface area (Å²) in [5, 5.41) is 0. The van der Waals surface area contributed by atoms with Crippen molar-refractivity contribution < 1.29 is 9.53 Å². The Labute approximate surface area is 93.5 Å². The minimum absolute atomic E-state index is 0.134. The Morgan fingerprint density at radius 1 is 1.38 bits per heavy atom. The van der Waals surface area contributed by atoms with Crippen molar-refractivity contribution in [2.45, 2.75) is 0 Å². The number of hydrogen-bond acceptors (Lipinski definition) is 3. The summed E-state index contributed by atoms with van der Waals surface area (Å²) in [6, 6.07) is 7.12. The summed E-state index contributed by atoms with van der Waals surface area (Å²) < 4.78 is 6.84. The maximum absolute atomic E-state index is 12.1. The van der Waals surface area contributed by atoms with Crippen molar-refractivity contribution in [3.63, 3.8) is 0 Å². The third-order valence-corrected chi connectivity index (χ3v) is 2.38. The zero-order valence-corrected chi connectivity index (χ0v) is 9.18. The molecule has 0 spiro atoms. The van der Waals surface area contributed by atoms with E-state index in [1.165, 1.54) is 0 Å². The van der Waals surface area contributed by atoms with Crippen molar-refractivity contribution in [2.24, 2.45) is 7.05 Å². The first kappa shape index (κ1) is 10.4. The Morgan fingerprint density at radius 2 is 2.12 bits per heavy atom. The lowest BCUT2D eigenvalue weighted by atomic mass is 10.1. The normalized spacial score (nSPS) is 10.1. The van der Waals surface area contributed by atoms with Crippen molar-refractivity contribution in [3.8, 4) is 5.75 Å². The average Bonchev–Trinajstić information content (AvgIpc) is 2.74. The van der Waals surface area contributed by atoms with Gasteiger partial charge in [-0.2, -0.15) is 0 Å². The molecule has 1 aromatic heterocycles. The van der Waals surface area contributed by atoms with Crippen LogP contribution in [0.15, 0.2) is 36.7 Å². The molecule has 2 rings (SSSR count). The van der Waals surface area contributed by atoms with Gasteiger partial charge in [-0.05, 0) is 12.1 Å². The van der Waals surface area contributed by atoms with Gasteiger partial charge >= 0.3 is 0 Å². The number of hydrogen-bond donors (Lipinski definition) is 0. The number of aryl methyl sites for hydroxylation is 1. The van der Waals surface area contributed by atoms with Crippen molar-refractivity contribution >= 4 is 5.78 Å². The number of benzene rings is 1. The van der Waals surface area contributed by atoms with Crippen LogP contribution in [-0.4, -0.2) is 22.4 Å². The average molecular weight is 216 g/mol. The van der Waals surface area contributed by atoms with Gasteiger partial charge in [0.15, 0.2) is 5.82 Å². The molecule has 4 heteroatoms. The molecule has 1 heterocycles. The predicted molar refractivity (Wildman–Crippen MR) is 59.6 cm³/mol. The van der Waals surface area contributed by atoms with Gasteiger partial charge in [0.1, 0.15) is 5.75 Å². The van der Waals surface area contributed by atoms with Crippen LogP contribution in [0.5, 0.6) is 5.75 Å². The highest BCUT2D eigenvalue weighted by molar-refractivity contribution is 6.08. The topological polar surface area (TPSA) is 44.1 Å². The van der Waals surface area contributed by atoms with Crippen molar-refractivity contribution in [1.82, 2.24) is 9.55 Å². The lowest BCUT2D eigenvalue weighted by molar-refractivity contribution is 0.102. The Morgan fingerprint density at radius 3 is 2.75 bits per heavy atom. The van der Waals surface area contributed by atoms with Gasteiger partial charge in [-0.3, -0.25) is 4.79 Å². The molecule has 0 amide bonds. The predicted octanol–water partition coefficient (Wildman–Crippen LogP) is 1.66. The molecular weight excluding hydrogens is 204 g/mol. The minimum atomic E-state index is -0.134. The first-order valence-corrected chi connectivity index (χ1v) is 4.89. The fourth-order valence-electron chi connectivity index (χ4n) is 1.54. The molecule has 0 aliphatic carbocycles. The molecule has 82 valence electrons. The van der Waals surface area contributed by atoms with E-state index >= 15 is 0 Å². The number of ether oxygens (including phenoxy) is 1. The molecule has 0 aliphatic rings. The maximum atomic E-state index is 12.1. The molecule has 1 aromatic carbocycles. The molecule has 0 saturated heterocycles. The maximum Gasteiger partial charge on any atom is 0.232 e. The van der Waals surface area contributed by atoms with Gasteiger partial charge in [-0.15, -0.1) is 0 Å². The Balaban J connectivity index is 2.46. The van der Waals surface area contributed by atoms with E-state index in [1.54, 1.807) is 49.3 Å². The van der Waals surface area contributed by atoms with Crippen molar-refractivity contribution in [3.05, 3.63) is 48.0 Å². The van der Waals surface area contributed by atoms with Crippen LogP contribution in [0.3, 0.4) is 0 Å². The first-order chi connectivity index (χ1) is 7.74. The fourth-order valence-corrected chi connectivity index (χ4v) is 1.54. The molecule has 16 heavy (non-hydrogen) atoms. The summed E-state index contributed by atoms with van der Waals surface area (Å²) in [5.74, 6) is 0.838. The van der Waals surface area contributed by atoms with Crippen LogP contribution in [0.1, 0.15) is 16.2 Å². The van der Waals surface area contributed by atoms with Gasteiger partial charge in [0.05, 0.1) is 12.7 Å². The standard InChI is InChI=1S/C12H12N2O2/c1-14-8-7-13-12(14)11(15)9-5-3-4-6-10(9)16-2/h3-8H,1-2H3. The molecule has 0 unspecified atom stereocenters. The van der Waals surface area contributed by atoms with Gasteiger partial charge in [-0.1, -0.05) is 12.1 Å². The quantitative estimate of drug-likeness (QED) is 0.733. The number of rotatable bonds is 3. The minimum Gasteiger partial charge on any atom is -0.496 e. The van der Waals surface area contributed by atoms with Crippen molar-refractivity contribution in [1.29, 1.82) is 0 Å². The Kier molecular flexibility index (Phi) is 2.72. The largest absolute Gasteiger partial charge is 0.496 e. The Bertz CT molecular complexity index is 517. The van der Waals surface area contributed by atoms with Crippen molar-refractivity contribution in [2.75, 3.05) is 7.11 Å². The van der Waals surface area contributed by atoms with Crippen LogP contribution >= 0.6 is 0 Å². The molecule has 0 saturated carbocycles. The molecule has 0 fully saturated rings. The summed E-state index contributed by atoms with van der Waals surface area (Å²) in [7, 11) is 3.33. The molecule has 2 aromatic rings. The first-order valence-electron chi connectivity index (χ1n) is 4.89. The zero-order valence-electron chi connectivity index (χ0n) is 9.18. The smallest absolute Gasteiger partial charge is 0.232 e. The van der Waals surface area contributed by atoms with Crippen LogP contribution in [0.25, 0.3) is 0 Å². The number of carbonyl (C=O) groups is 1. The number of methoxy groups -OCH3 is 1. The molecule has 0 bridgehead atoms. The number of ketones is 1. The second kappa shape index (κ2) is 4.18. The van der Waals surface area contributed by atoms with Crippen LogP contribution < -0.4 is 4.74 Å². The molecule has 0 N–H and O–H groups in total. The van der Waals surface area contributed by atoms with E-state index in [-0.39, 0.29) is 5.78 Å². The third-order valence-electron chi connectivity index (χ3n) is 2.38. The van der Waals surface area contributed by atoms with Gasteiger partial charge in [0.2, 0.25) is 5.78 Å². The van der Waals surface area contributed by atoms with E-state index in [1.807, 2.05) is 6.07 Å². The summed E-state index contributed by atoms with van der Waals surface area (Å²) >= 11 is 0. The SMILES string of the molecule is COc1ccccc1C(=O)c1nccn1C. The van der Waals surface area contributed by atoms with Crippen LogP contribution in [-0.2, 0) is 7.05 Å². The molecular formula is C12H12N2O2. The highest BCUT2D eigenvalue weighted by Gasteiger charge is 2.17. The summed E-state index contributed by atoms with van der Waals surface area (Å²) in [4.78, 5) is 16.2. The number of aromatic nitrogens is 2. The summed E-state index contributed by atoms with van der Waals surface area (Å²) in [5.41, 5.74) is 0.527. The van der Waals surface area contributed by atoms with Crippen LogP contribution in [0.2, 0.25) is 0 Å². The summed E-state index contributed by atoms with van der Waals surface area (Å²) in [6.07, 6.45) is 3.34. The molecule has 4 nitrogen and oxygen atoms in total. The third kappa shape index (κ3) is 1.69. The molecule has 0 aliphatic heterocycles. The fraction of sp³-hybridized carbons (Fsp3) is 0.167. The van der Waals surface area contributed by atoms with Gasteiger partial charge in [0.25, 0.3) is 0 Å². The van der Waals surface area contributed by atoms with E-state index in [9.17, 15) is 4.79 Å². The molecule has 0 radical (unpaired) electrons. The second-order valence-corrected chi connectivity index (χ2v) is 3.39. The van der Waals surface area contributed by atoms with Crippen LogP contribution in [0.4, 0.5) is 0 Å². The van der Waals surface area contributed by atoms with Crippen LogP contribution in [0, 0.1) is 0 Å². The number of carbonyl (C=O) groups excluding carboxylic acids is 1. The zero-order chi connectivity index (χ0) is 11.5. The summed E-state index contributed by atoms with van der Waals surface area (Å²) in [6.45, 7) is 0. The van der Waals surface area contributed by atoms with E-state index in [0.717, 1.165) is 0 Å². The van der Waals surface area contributed by atoms with E-state index in [0.29, 0.717) is 17.1 Å². The number of para-hydroxylation sites is 1. The second-order valence-electron chi connectivity index (χ2n) is 3.39. The monoisotopic (exact) mass is 216 g/mol. The van der Waals surface area contributed by atoms with E-state index < -0.39 is 0 Å². The highest BCUT2D eigenvalue weighted by Crippen LogP contribution is 2.20. The van der Waals surface area contributed by atoms with Gasteiger partial charge in [0, 0.05) is 19.4 Å². The Hall–Kier alpha value is -2.10.